The van der Waals surface area contributed by atoms with E-state index in [0.717, 1.165) is 48.8 Å². The van der Waals surface area contributed by atoms with Crippen molar-refractivity contribution in [3.05, 3.63) is 29.3 Å². The first-order chi connectivity index (χ1) is 9.72. The van der Waals surface area contributed by atoms with Crippen LogP contribution in [0.15, 0.2) is 18.2 Å². The van der Waals surface area contributed by atoms with Crippen LogP contribution < -0.4 is 5.32 Å². The van der Waals surface area contributed by atoms with Crippen LogP contribution in [0.4, 0.5) is 5.69 Å². The lowest BCUT2D eigenvalue weighted by Gasteiger charge is -2.29. The van der Waals surface area contributed by atoms with Crippen molar-refractivity contribution in [3.63, 3.8) is 0 Å². The molecule has 0 aromatic heterocycles. The first kappa shape index (κ1) is 14.5. The van der Waals surface area contributed by atoms with Crippen molar-refractivity contribution < 1.29 is 9.53 Å². The average molecular weight is 272 g/mol. The third-order valence-corrected chi connectivity index (χ3v) is 3.79. The number of carbonyl (C=O) groups is 1. The molecular weight excluding hydrogens is 252 g/mol. The standard InChI is InChI=1S/C16H20N2O2/c1-12-10-15(3-2-13(12)11-17)18-14-4-6-16(7-5-14)20-9-8-19/h2-3,8,10,14,16,18H,4-7,9H2,1H3. The van der Waals surface area contributed by atoms with Gasteiger partial charge in [-0.2, -0.15) is 5.26 Å². The minimum Gasteiger partial charge on any atom is -0.382 e. The Labute approximate surface area is 119 Å². The van der Waals surface area contributed by atoms with E-state index in [0.29, 0.717) is 6.04 Å². The van der Waals surface area contributed by atoms with E-state index in [1.165, 1.54) is 0 Å². The van der Waals surface area contributed by atoms with E-state index >= 15 is 0 Å². The molecule has 0 radical (unpaired) electrons. The topological polar surface area (TPSA) is 62.1 Å². The number of nitriles is 1. The van der Waals surface area contributed by atoms with Gasteiger partial charge in [0.2, 0.25) is 0 Å². The van der Waals surface area contributed by atoms with Crippen LogP contribution in [0, 0.1) is 18.3 Å². The minimum absolute atomic E-state index is 0.206. The first-order valence-corrected chi connectivity index (χ1v) is 7.05. The Hall–Kier alpha value is -1.86. The quantitative estimate of drug-likeness (QED) is 0.837. The van der Waals surface area contributed by atoms with Crippen LogP contribution in [-0.2, 0) is 9.53 Å². The lowest BCUT2D eigenvalue weighted by Crippen LogP contribution is -2.30. The number of benzene rings is 1. The number of nitrogens with zero attached hydrogens (tertiary/aromatic N) is 1. The largest absolute Gasteiger partial charge is 0.382 e. The van der Waals surface area contributed by atoms with E-state index < -0.39 is 0 Å². The van der Waals surface area contributed by atoms with Gasteiger partial charge in [-0.1, -0.05) is 0 Å². The number of aryl methyl sites for hydroxylation is 1. The summed E-state index contributed by atoms with van der Waals surface area (Å²) in [6.45, 7) is 2.16. The summed E-state index contributed by atoms with van der Waals surface area (Å²) in [5, 5.41) is 12.4. The van der Waals surface area contributed by atoms with Crippen molar-refractivity contribution in [2.75, 3.05) is 11.9 Å². The fourth-order valence-electron chi connectivity index (χ4n) is 2.66. The molecule has 20 heavy (non-hydrogen) atoms. The predicted molar refractivity (Wildman–Crippen MR) is 77.6 cm³/mol. The molecule has 1 N–H and O–H groups in total. The fraction of sp³-hybridized carbons (Fsp3) is 0.500. The van der Waals surface area contributed by atoms with Crippen LogP contribution in [-0.4, -0.2) is 25.0 Å². The molecule has 1 fully saturated rings. The smallest absolute Gasteiger partial charge is 0.145 e. The van der Waals surface area contributed by atoms with Gasteiger partial charge < -0.3 is 14.8 Å². The van der Waals surface area contributed by atoms with Crippen LogP contribution in [0.3, 0.4) is 0 Å². The average Bonchev–Trinajstić information content (AvgIpc) is 2.47. The SMILES string of the molecule is Cc1cc(NC2CCC(OCC=O)CC2)ccc1C#N. The maximum Gasteiger partial charge on any atom is 0.145 e. The predicted octanol–water partition coefficient (Wildman–Crippen LogP) is 2.81. The lowest BCUT2D eigenvalue weighted by molar-refractivity contribution is -0.114. The number of hydrogen-bond donors (Lipinski definition) is 1. The number of aldehydes is 1. The molecule has 1 aromatic rings. The maximum absolute atomic E-state index is 10.3. The molecule has 0 amide bonds. The van der Waals surface area contributed by atoms with Crippen molar-refractivity contribution in [2.45, 2.75) is 44.8 Å². The molecule has 2 rings (SSSR count). The zero-order chi connectivity index (χ0) is 14.4. The van der Waals surface area contributed by atoms with Crippen LogP contribution in [0.2, 0.25) is 0 Å². The van der Waals surface area contributed by atoms with Gasteiger partial charge in [0.1, 0.15) is 12.9 Å². The Morgan fingerprint density at radius 1 is 1.40 bits per heavy atom. The maximum atomic E-state index is 10.3. The highest BCUT2D eigenvalue weighted by atomic mass is 16.5. The second-order valence-electron chi connectivity index (χ2n) is 5.26. The van der Waals surface area contributed by atoms with E-state index in [-0.39, 0.29) is 12.7 Å². The van der Waals surface area contributed by atoms with Crippen LogP contribution >= 0.6 is 0 Å². The fourth-order valence-corrected chi connectivity index (χ4v) is 2.66. The molecule has 0 atom stereocenters. The molecule has 1 aliphatic carbocycles. The molecule has 0 unspecified atom stereocenters. The number of hydrogen-bond acceptors (Lipinski definition) is 4. The number of rotatable bonds is 5. The highest BCUT2D eigenvalue weighted by Gasteiger charge is 2.21. The number of nitrogens with one attached hydrogen (secondary N) is 1. The van der Waals surface area contributed by atoms with Gasteiger partial charge in [-0.3, -0.25) is 0 Å². The van der Waals surface area contributed by atoms with Crippen molar-refractivity contribution in [1.29, 1.82) is 5.26 Å². The summed E-state index contributed by atoms with van der Waals surface area (Å²) >= 11 is 0. The summed E-state index contributed by atoms with van der Waals surface area (Å²) in [5.41, 5.74) is 2.79. The molecule has 0 bridgehead atoms. The highest BCUT2D eigenvalue weighted by Crippen LogP contribution is 2.25. The monoisotopic (exact) mass is 272 g/mol. The van der Waals surface area contributed by atoms with Gasteiger partial charge in [0.05, 0.1) is 17.7 Å². The van der Waals surface area contributed by atoms with Crippen molar-refractivity contribution in [1.82, 2.24) is 0 Å². The molecule has 4 heteroatoms. The molecule has 1 aromatic carbocycles. The highest BCUT2D eigenvalue weighted by molar-refractivity contribution is 5.52. The van der Waals surface area contributed by atoms with Crippen molar-refractivity contribution in [2.24, 2.45) is 0 Å². The zero-order valence-corrected chi connectivity index (χ0v) is 11.8. The molecule has 106 valence electrons. The Balaban J connectivity index is 1.85. The molecule has 4 nitrogen and oxygen atoms in total. The molecule has 0 heterocycles. The van der Waals surface area contributed by atoms with Crippen molar-refractivity contribution >= 4 is 12.0 Å². The summed E-state index contributed by atoms with van der Waals surface area (Å²) in [5.74, 6) is 0. The van der Waals surface area contributed by atoms with E-state index in [4.69, 9.17) is 10.00 Å². The molecule has 0 saturated heterocycles. The summed E-state index contributed by atoms with van der Waals surface area (Å²) in [6, 6.07) is 8.46. The Morgan fingerprint density at radius 3 is 2.75 bits per heavy atom. The van der Waals surface area contributed by atoms with Gasteiger partial charge in [-0.15, -0.1) is 0 Å². The van der Waals surface area contributed by atoms with Gasteiger partial charge in [0.25, 0.3) is 0 Å². The van der Waals surface area contributed by atoms with Crippen LogP contribution in [0.25, 0.3) is 0 Å². The minimum atomic E-state index is 0.206. The van der Waals surface area contributed by atoms with Crippen LogP contribution in [0.1, 0.15) is 36.8 Å². The second-order valence-corrected chi connectivity index (χ2v) is 5.26. The van der Waals surface area contributed by atoms with E-state index in [9.17, 15) is 4.79 Å². The number of ether oxygens (including phenoxy) is 1. The summed E-state index contributed by atoms with van der Waals surface area (Å²) in [7, 11) is 0. The third kappa shape index (κ3) is 3.82. The van der Waals surface area contributed by atoms with Gasteiger partial charge in [-0.25, -0.2) is 0 Å². The summed E-state index contributed by atoms with van der Waals surface area (Å²) < 4.78 is 5.45. The second kappa shape index (κ2) is 7.06. The first-order valence-electron chi connectivity index (χ1n) is 7.05. The van der Waals surface area contributed by atoms with Crippen molar-refractivity contribution in [3.8, 4) is 6.07 Å². The summed E-state index contributed by atoms with van der Waals surface area (Å²) in [6.07, 6.45) is 5.09. The number of anilines is 1. The third-order valence-electron chi connectivity index (χ3n) is 3.79. The molecule has 0 spiro atoms. The molecule has 0 aliphatic heterocycles. The van der Waals surface area contributed by atoms with Gasteiger partial charge in [0.15, 0.2) is 0 Å². The molecular formula is C16H20N2O2. The van der Waals surface area contributed by atoms with Gasteiger partial charge >= 0.3 is 0 Å². The molecule has 1 aliphatic rings. The normalized spacial score (nSPS) is 22.0. The molecule has 1 saturated carbocycles. The Kier molecular flexibility index (Phi) is 5.14. The Bertz CT molecular complexity index is 500. The Morgan fingerprint density at radius 2 is 2.15 bits per heavy atom. The lowest BCUT2D eigenvalue weighted by atomic mass is 9.92. The van der Waals surface area contributed by atoms with Crippen LogP contribution in [0.5, 0.6) is 0 Å². The van der Waals surface area contributed by atoms with E-state index in [2.05, 4.69) is 11.4 Å². The zero-order valence-electron chi connectivity index (χ0n) is 11.8. The van der Waals surface area contributed by atoms with Gasteiger partial charge in [-0.05, 0) is 56.4 Å². The van der Waals surface area contributed by atoms with Gasteiger partial charge in [0, 0.05) is 11.7 Å². The van der Waals surface area contributed by atoms with E-state index in [1.54, 1.807) is 0 Å². The number of carbonyl (C=O) groups excluding carboxylic acids is 1. The van der Waals surface area contributed by atoms with E-state index in [1.807, 2.05) is 25.1 Å². The summed E-state index contributed by atoms with van der Waals surface area (Å²) in [4.78, 5) is 10.3.